The molecule has 6 nitrogen and oxygen atoms in total. The molecule has 0 radical (unpaired) electrons. The van der Waals surface area contributed by atoms with Crippen LogP contribution in [0, 0.1) is 0 Å². The molecule has 1 aromatic heterocycles. The average Bonchev–Trinajstić information content (AvgIpc) is 2.84. The Morgan fingerprint density at radius 2 is 2.50 bits per heavy atom. The zero-order valence-corrected chi connectivity index (χ0v) is 8.99. The number of nitrogens with one attached hydrogen (secondary N) is 3. The van der Waals surface area contributed by atoms with Crippen LogP contribution >= 0.6 is 0 Å². The van der Waals surface area contributed by atoms with Crippen LogP contribution in [-0.2, 0) is 0 Å². The Kier molecular flexibility index (Phi) is 3.66. The van der Waals surface area contributed by atoms with Gasteiger partial charge in [0.1, 0.15) is 0 Å². The second-order valence-electron chi connectivity index (χ2n) is 3.68. The molecule has 2 rings (SSSR count). The summed E-state index contributed by atoms with van der Waals surface area (Å²) in [6.07, 6.45) is 5.58. The summed E-state index contributed by atoms with van der Waals surface area (Å²) in [5.74, 6) is -0.178. The van der Waals surface area contributed by atoms with Crippen molar-refractivity contribution in [2.24, 2.45) is 0 Å². The Morgan fingerprint density at radius 3 is 3.19 bits per heavy atom. The Labute approximate surface area is 93.5 Å². The highest BCUT2D eigenvalue weighted by Crippen LogP contribution is 2.07. The van der Waals surface area contributed by atoms with Gasteiger partial charge in [-0.3, -0.25) is 4.79 Å². The SMILES string of the molecule is O=C(NCCC1=CCNCC1)c1cn[nH]n1. The largest absolute Gasteiger partial charge is 0.350 e. The number of hydrogen-bond acceptors (Lipinski definition) is 4. The predicted molar refractivity (Wildman–Crippen MR) is 58.9 cm³/mol. The van der Waals surface area contributed by atoms with Gasteiger partial charge in [-0.05, 0) is 19.4 Å². The number of aromatic amines is 1. The van der Waals surface area contributed by atoms with Crippen LogP contribution in [0.3, 0.4) is 0 Å². The van der Waals surface area contributed by atoms with Gasteiger partial charge in [-0.1, -0.05) is 11.6 Å². The van der Waals surface area contributed by atoms with Crippen molar-refractivity contribution in [3.8, 4) is 0 Å². The van der Waals surface area contributed by atoms with Gasteiger partial charge in [-0.25, -0.2) is 0 Å². The van der Waals surface area contributed by atoms with Gasteiger partial charge in [0.2, 0.25) is 0 Å². The van der Waals surface area contributed by atoms with E-state index >= 15 is 0 Å². The molecule has 86 valence electrons. The van der Waals surface area contributed by atoms with Crippen molar-refractivity contribution in [1.82, 2.24) is 26.0 Å². The van der Waals surface area contributed by atoms with Crippen LogP contribution in [0.1, 0.15) is 23.3 Å². The van der Waals surface area contributed by atoms with E-state index in [4.69, 9.17) is 0 Å². The lowest BCUT2D eigenvalue weighted by Gasteiger charge is -2.13. The summed E-state index contributed by atoms with van der Waals surface area (Å²) < 4.78 is 0. The van der Waals surface area contributed by atoms with Crippen LogP contribution in [-0.4, -0.2) is 41.0 Å². The Balaban J connectivity index is 1.72. The molecule has 1 amide bonds. The minimum Gasteiger partial charge on any atom is -0.350 e. The fraction of sp³-hybridized carbons (Fsp3) is 0.500. The third-order valence-corrected chi connectivity index (χ3v) is 2.54. The Hall–Kier alpha value is -1.69. The quantitative estimate of drug-likeness (QED) is 0.617. The van der Waals surface area contributed by atoms with Gasteiger partial charge in [0.05, 0.1) is 6.20 Å². The molecule has 0 atom stereocenters. The van der Waals surface area contributed by atoms with E-state index in [1.165, 1.54) is 11.8 Å². The second-order valence-corrected chi connectivity index (χ2v) is 3.68. The number of H-pyrrole nitrogens is 1. The van der Waals surface area contributed by atoms with E-state index in [0.717, 1.165) is 25.9 Å². The number of rotatable bonds is 4. The highest BCUT2D eigenvalue weighted by atomic mass is 16.1. The van der Waals surface area contributed by atoms with E-state index < -0.39 is 0 Å². The zero-order chi connectivity index (χ0) is 11.2. The van der Waals surface area contributed by atoms with Crippen LogP contribution in [0.5, 0.6) is 0 Å². The number of aromatic nitrogens is 3. The number of hydrogen-bond donors (Lipinski definition) is 3. The highest BCUT2D eigenvalue weighted by molar-refractivity contribution is 5.91. The van der Waals surface area contributed by atoms with E-state index in [0.29, 0.717) is 12.2 Å². The van der Waals surface area contributed by atoms with Crippen LogP contribution in [0.25, 0.3) is 0 Å². The van der Waals surface area contributed by atoms with Crippen LogP contribution in [0.4, 0.5) is 0 Å². The zero-order valence-electron chi connectivity index (χ0n) is 8.99. The van der Waals surface area contributed by atoms with Gasteiger partial charge in [-0.2, -0.15) is 15.4 Å². The van der Waals surface area contributed by atoms with E-state index in [-0.39, 0.29) is 5.91 Å². The summed E-state index contributed by atoms with van der Waals surface area (Å²) >= 11 is 0. The minimum atomic E-state index is -0.178. The molecule has 0 fully saturated rings. The van der Waals surface area contributed by atoms with E-state index in [1.807, 2.05) is 0 Å². The molecule has 0 aliphatic carbocycles. The predicted octanol–water partition coefficient (Wildman–Crippen LogP) is -0.156. The third-order valence-electron chi connectivity index (χ3n) is 2.54. The van der Waals surface area contributed by atoms with Gasteiger partial charge < -0.3 is 10.6 Å². The Bertz CT molecular complexity index is 371. The van der Waals surface area contributed by atoms with Crippen LogP contribution in [0.2, 0.25) is 0 Å². The standard InChI is InChI=1S/C10H15N5O/c16-10(9-7-13-15-14-9)12-6-3-8-1-4-11-5-2-8/h1,7,11H,2-6H2,(H,12,16)(H,13,14,15). The number of nitrogens with zero attached hydrogens (tertiary/aromatic N) is 2. The smallest absolute Gasteiger partial charge is 0.273 e. The fourth-order valence-electron chi connectivity index (χ4n) is 1.63. The van der Waals surface area contributed by atoms with Gasteiger partial charge in [0.15, 0.2) is 5.69 Å². The topological polar surface area (TPSA) is 82.7 Å². The minimum absolute atomic E-state index is 0.178. The molecule has 0 saturated carbocycles. The highest BCUT2D eigenvalue weighted by Gasteiger charge is 2.08. The van der Waals surface area contributed by atoms with Crippen molar-refractivity contribution in [2.45, 2.75) is 12.8 Å². The molecule has 1 aliphatic rings. The molecule has 1 aliphatic heterocycles. The maximum absolute atomic E-state index is 11.5. The lowest BCUT2D eigenvalue weighted by atomic mass is 10.1. The summed E-state index contributed by atoms with van der Waals surface area (Å²) in [7, 11) is 0. The van der Waals surface area contributed by atoms with Crippen molar-refractivity contribution in [1.29, 1.82) is 0 Å². The maximum atomic E-state index is 11.5. The average molecular weight is 221 g/mol. The molecular formula is C10H15N5O. The van der Waals surface area contributed by atoms with Crippen LogP contribution < -0.4 is 10.6 Å². The molecule has 0 unspecified atom stereocenters. The lowest BCUT2D eigenvalue weighted by molar-refractivity contribution is 0.0949. The van der Waals surface area contributed by atoms with Crippen molar-refractivity contribution in [2.75, 3.05) is 19.6 Å². The number of carbonyl (C=O) groups excluding carboxylic acids is 1. The first-order valence-electron chi connectivity index (χ1n) is 5.39. The van der Waals surface area contributed by atoms with E-state index in [1.54, 1.807) is 0 Å². The molecule has 0 aromatic carbocycles. The Morgan fingerprint density at radius 1 is 1.56 bits per heavy atom. The van der Waals surface area contributed by atoms with Crippen molar-refractivity contribution in [3.05, 3.63) is 23.5 Å². The van der Waals surface area contributed by atoms with Crippen molar-refractivity contribution < 1.29 is 4.79 Å². The maximum Gasteiger partial charge on any atom is 0.273 e. The van der Waals surface area contributed by atoms with E-state index in [9.17, 15) is 4.79 Å². The molecule has 6 heteroatoms. The molecular weight excluding hydrogens is 206 g/mol. The van der Waals surface area contributed by atoms with Crippen molar-refractivity contribution in [3.63, 3.8) is 0 Å². The third kappa shape index (κ3) is 2.90. The van der Waals surface area contributed by atoms with Gasteiger partial charge in [-0.15, -0.1) is 0 Å². The summed E-state index contributed by atoms with van der Waals surface area (Å²) in [6, 6.07) is 0. The first-order valence-corrected chi connectivity index (χ1v) is 5.39. The second kappa shape index (κ2) is 5.41. The summed E-state index contributed by atoms with van der Waals surface area (Å²) in [5.41, 5.74) is 1.73. The lowest BCUT2D eigenvalue weighted by Crippen LogP contribution is -2.26. The molecule has 0 spiro atoms. The molecule has 1 aromatic rings. The number of carbonyl (C=O) groups is 1. The molecule has 0 saturated heterocycles. The summed E-state index contributed by atoms with van der Waals surface area (Å²) in [4.78, 5) is 11.5. The molecule has 0 bridgehead atoms. The van der Waals surface area contributed by atoms with Gasteiger partial charge >= 0.3 is 0 Å². The number of amides is 1. The first kappa shape index (κ1) is 10.8. The fourth-order valence-corrected chi connectivity index (χ4v) is 1.63. The molecule has 16 heavy (non-hydrogen) atoms. The van der Waals surface area contributed by atoms with Gasteiger partial charge in [0.25, 0.3) is 5.91 Å². The first-order chi connectivity index (χ1) is 7.86. The van der Waals surface area contributed by atoms with Gasteiger partial charge in [0, 0.05) is 13.1 Å². The molecule has 3 N–H and O–H groups in total. The summed E-state index contributed by atoms with van der Waals surface area (Å²) in [5, 5.41) is 15.8. The monoisotopic (exact) mass is 221 g/mol. The molecule has 2 heterocycles. The van der Waals surface area contributed by atoms with Crippen LogP contribution in [0.15, 0.2) is 17.8 Å². The van der Waals surface area contributed by atoms with E-state index in [2.05, 4.69) is 32.1 Å². The summed E-state index contributed by atoms with van der Waals surface area (Å²) in [6.45, 7) is 2.62. The normalized spacial score (nSPS) is 15.6. The van der Waals surface area contributed by atoms with Crippen molar-refractivity contribution >= 4 is 5.91 Å².